The first-order chi connectivity index (χ1) is 9.04. The van der Waals surface area contributed by atoms with Gasteiger partial charge in [-0.25, -0.2) is 0 Å². The number of aryl methyl sites for hydroxylation is 1. The lowest BCUT2D eigenvalue weighted by Crippen LogP contribution is -2.36. The maximum absolute atomic E-state index is 11.4. The number of carbonyl (C=O) groups is 1. The lowest BCUT2D eigenvalue weighted by Gasteiger charge is -2.17. The summed E-state index contributed by atoms with van der Waals surface area (Å²) in [6.45, 7) is 5.78. The zero-order chi connectivity index (χ0) is 14.0. The van der Waals surface area contributed by atoms with Crippen molar-refractivity contribution in [1.29, 1.82) is 0 Å². The Balaban J connectivity index is 2.24. The molecule has 0 spiro atoms. The van der Waals surface area contributed by atoms with Crippen molar-refractivity contribution in [2.75, 3.05) is 7.11 Å². The molecule has 102 valence electrons. The number of furan rings is 1. The van der Waals surface area contributed by atoms with Crippen LogP contribution in [0.2, 0.25) is 0 Å². The maximum Gasteiger partial charge on any atom is 0.322 e. The van der Waals surface area contributed by atoms with Gasteiger partial charge >= 0.3 is 5.97 Å². The zero-order valence-electron chi connectivity index (χ0n) is 11.7. The number of rotatable bonds is 4. The molecule has 0 aliphatic carbocycles. The van der Waals surface area contributed by atoms with Gasteiger partial charge in [0, 0.05) is 5.39 Å². The summed E-state index contributed by atoms with van der Waals surface area (Å²) in [4.78, 5) is 11.4. The van der Waals surface area contributed by atoms with Gasteiger partial charge in [-0.05, 0) is 32.4 Å². The molecule has 0 bridgehead atoms. The van der Waals surface area contributed by atoms with Crippen molar-refractivity contribution in [3.63, 3.8) is 0 Å². The third-order valence-electron chi connectivity index (χ3n) is 3.33. The fourth-order valence-corrected chi connectivity index (χ4v) is 2.30. The first-order valence-corrected chi connectivity index (χ1v) is 6.36. The Morgan fingerprint density at radius 3 is 2.63 bits per heavy atom. The summed E-state index contributed by atoms with van der Waals surface area (Å²) in [5, 5.41) is 4.29. The minimum absolute atomic E-state index is 0.0542. The second-order valence-electron chi connectivity index (χ2n) is 4.72. The predicted octanol–water partition coefficient (Wildman–Crippen LogP) is 2.95. The van der Waals surface area contributed by atoms with Crippen LogP contribution in [0.3, 0.4) is 0 Å². The number of hydrogen-bond acceptors (Lipinski definition) is 4. The van der Waals surface area contributed by atoms with E-state index in [9.17, 15) is 4.79 Å². The minimum Gasteiger partial charge on any atom is -0.468 e. The van der Waals surface area contributed by atoms with Crippen molar-refractivity contribution in [1.82, 2.24) is 5.32 Å². The van der Waals surface area contributed by atoms with Crippen LogP contribution in [0.15, 0.2) is 28.7 Å². The van der Waals surface area contributed by atoms with Crippen LogP contribution in [0, 0.1) is 6.92 Å². The highest BCUT2D eigenvalue weighted by molar-refractivity contribution is 5.82. The summed E-state index contributed by atoms with van der Waals surface area (Å²) >= 11 is 0. The molecule has 1 N–H and O–H groups in total. The molecule has 0 aliphatic heterocycles. The topological polar surface area (TPSA) is 51.5 Å². The molecule has 1 unspecified atom stereocenters. The fourth-order valence-electron chi connectivity index (χ4n) is 2.30. The van der Waals surface area contributed by atoms with Crippen LogP contribution in [0.4, 0.5) is 0 Å². The van der Waals surface area contributed by atoms with E-state index in [0.717, 1.165) is 22.3 Å². The molecular formula is C15H19NO3. The molecule has 2 aromatic rings. The number of methoxy groups -OCH3 is 1. The van der Waals surface area contributed by atoms with E-state index in [1.54, 1.807) is 6.92 Å². The van der Waals surface area contributed by atoms with Gasteiger partial charge in [0.2, 0.25) is 0 Å². The first kappa shape index (κ1) is 13.6. The van der Waals surface area contributed by atoms with E-state index in [-0.39, 0.29) is 18.1 Å². The van der Waals surface area contributed by atoms with E-state index in [4.69, 9.17) is 9.15 Å². The number of benzene rings is 1. The molecule has 4 nitrogen and oxygen atoms in total. The van der Waals surface area contributed by atoms with Gasteiger partial charge in [0.05, 0.1) is 13.2 Å². The highest BCUT2D eigenvalue weighted by Gasteiger charge is 2.21. The summed E-state index contributed by atoms with van der Waals surface area (Å²) in [5.41, 5.74) is 1.97. The Bertz CT molecular complexity index is 588. The zero-order valence-corrected chi connectivity index (χ0v) is 11.7. The highest BCUT2D eigenvalue weighted by atomic mass is 16.5. The van der Waals surface area contributed by atoms with Gasteiger partial charge < -0.3 is 9.15 Å². The van der Waals surface area contributed by atoms with Crippen LogP contribution < -0.4 is 5.32 Å². The largest absolute Gasteiger partial charge is 0.468 e. The van der Waals surface area contributed by atoms with Crippen molar-refractivity contribution >= 4 is 16.9 Å². The average molecular weight is 261 g/mol. The molecule has 0 saturated heterocycles. The summed E-state index contributed by atoms with van der Waals surface area (Å²) < 4.78 is 10.6. The molecule has 19 heavy (non-hydrogen) atoms. The van der Waals surface area contributed by atoms with E-state index in [1.807, 2.05) is 38.1 Å². The van der Waals surface area contributed by atoms with E-state index >= 15 is 0 Å². The van der Waals surface area contributed by atoms with Gasteiger partial charge in [-0.3, -0.25) is 10.1 Å². The number of esters is 1. The number of nitrogens with one attached hydrogen (secondary N) is 1. The van der Waals surface area contributed by atoms with Crippen LogP contribution in [0.1, 0.15) is 31.2 Å². The molecule has 0 amide bonds. The molecule has 2 rings (SSSR count). The van der Waals surface area contributed by atoms with Crippen LogP contribution in [0.25, 0.3) is 11.0 Å². The monoisotopic (exact) mass is 261 g/mol. The Kier molecular flexibility index (Phi) is 3.90. The smallest absolute Gasteiger partial charge is 0.322 e. The van der Waals surface area contributed by atoms with Gasteiger partial charge in [0.15, 0.2) is 0 Å². The molecule has 4 heteroatoms. The lowest BCUT2D eigenvalue weighted by atomic mass is 10.1. The second-order valence-corrected chi connectivity index (χ2v) is 4.72. The molecule has 0 aliphatic rings. The third-order valence-corrected chi connectivity index (χ3v) is 3.33. The molecule has 0 fully saturated rings. The molecule has 1 aromatic carbocycles. The minimum atomic E-state index is -0.368. The molecular weight excluding hydrogens is 242 g/mol. The Hall–Kier alpha value is -1.81. The Labute approximate surface area is 112 Å². The quantitative estimate of drug-likeness (QED) is 0.860. The maximum atomic E-state index is 11.4. The summed E-state index contributed by atoms with van der Waals surface area (Å²) in [6, 6.07) is 7.50. The Morgan fingerprint density at radius 2 is 2.00 bits per heavy atom. The van der Waals surface area contributed by atoms with Crippen molar-refractivity contribution in [2.24, 2.45) is 0 Å². The molecule has 1 aromatic heterocycles. The van der Waals surface area contributed by atoms with Gasteiger partial charge in [-0.15, -0.1) is 0 Å². The van der Waals surface area contributed by atoms with E-state index in [0.29, 0.717) is 0 Å². The second kappa shape index (κ2) is 5.45. The van der Waals surface area contributed by atoms with Crippen molar-refractivity contribution in [3.05, 3.63) is 35.6 Å². The van der Waals surface area contributed by atoms with Crippen LogP contribution >= 0.6 is 0 Å². The van der Waals surface area contributed by atoms with Crippen LogP contribution in [0.5, 0.6) is 0 Å². The van der Waals surface area contributed by atoms with Gasteiger partial charge in [-0.1, -0.05) is 18.2 Å². The molecule has 1 heterocycles. The van der Waals surface area contributed by atoms with Crippen molar-refractivity contribution < 1.29 is 13.9 Å². The van der Waals surface area contributed by atoms with E-state index in [1.165, 1.54) is 7.11 Å². The SMILES string of the molecule is COC(=O)[C@H](C)NC(C)c1oc2ccccc2c1C. The van der Waals surface area contributed by atoms with Crippen LogP contribution in [-0.4, -0.2) is 19.1 Å². The number of hydrogen-bond donors (Lipinski definition) is 1. The molecule has 0 radical (unpaired) electrons. The summed E-state index contributed by atoms with van der Waals surface area (Å²) in [7, 11) is 1.39. The lowest BCUT2D eigenvalue weighted by molar-refractivity contribution is -0.142. The number of ether oxygens (including phenoxy) is 1. The van der Waals surface area contributed by atoms with E-state index in [2.05, 4.69) is 5.32 Å². The van der Waals surface area contributed by atoms with Crippen LogP contribution in [-0.2, 0) is 9.53 Å². The Morgan fingerprint density at radius 1 is 1.32 bits per heavy atom. The van der Waals surface area contributed by atoms with E-state index < -0.39 is 0 Å². The average Bonchev–Trinajstić information content (AvgIpc) is 2.75. The first-order valence-electron chi connectivity index (χ1n) is 6.36. The third kappa shape index (κ3) is 2.63. The highest BCUT2D eigenvalue weighted by Crippen LogP contribution is 2.29. The predicted molar refractivity (Wildman–Crippen MR) is 74.0 cm³/mol. The van der Waals surface area contributed by atoms with Gasteiger partial charge in [0.25, 0.3) is 0 Å². The molecule has 2 atom stereocenters. The number of fused-ring (bicyclic) bond motifs is 1. The fraction of sp³-hybridized carbons (Fsp3) is 0.400. The van der Waals surface area contributed by atoms with Crippen molar-refractivity contribution in [3.8, 4) is 0 Å². The standard InChI is InChI=1S/C15H19NO3/c1-9-12-7-5-6-8-13(12)19-14(9)10(2)16-11(3)15(17)18-4/h5-8,10-11,16H,1-4H3/t10?,11-/m0/s1. The molecule has 0 saturated carbocycles. The number of para-hydroxylation sites is 1. The van der Waals surface area contributed by atoms with Gasteiger partial charge in [0.1, 0.15) is 17.4 Å². The van der Waals surface area contributed by atoms with Gasteiger partial charge in [-0.2, -0.15) is 0 Å². The summed E-state index contributed by atoms with van der Waals surface area (Å²) in [5.74, 6) is 0.581. The van der Waals surface area contributed by atoms with Crippen molar-refractivity contribution in [2.45, 2.75) is 32.9 Å². The number of carbonyl (C=O) groups excluding carboxylic acids is 1. The normalized spacial score (nSPS) is 14.3. The summed E-state index contributed by atoms with van der Waals surface area (Å²) in [6.07, 6.45) is 0.